The number of nitrogens with one attached hydrogen (secondary N) is 2. The summed E-state index contributed by atoms with van der Waals surface area (Å²) in [5.74, 6) is -5.95. The van der Waals surface area contributed by atoms with Gasteiger partial charge in [0.25, 0.3) is 11.8 Å². The highest BCUT2D eigenvalue weighted by molar-refractivity contribution is 7.89. The van der Waals surface area contributed by atoms with Gasteiger partial charge in [0.1, 0.15) is 17.5 Å². The molecule has 4 N–H and O–H groups in total. The van der Waals surface area contributed by atoms with Crippen LogP contribution in [0.5, 0.6) is 0 Å². The molecule has 0 saturated heterocycles. The number of hydrogen-bond acceptors (Lipinski definition) is 4. The van der Waals surface area contributed by atoms with Crippen LogP contribution in [0.25, 0.3) is 0 Å². The second-order valence-corrected chi connectivity index (χ2v) is 7.76. The molecule has 0 aliphatic rings. The SMILES string of the molecule is CC(C)NS(=O)(=O)c1ccc(F)c(C(=O)Nc2cc(C(N)=O)c(F)cc2F)c1. The van der Waals surface area contributed by atoms with Crippen LogP contribution >= 0.6 is 0 Å². The smallest absolute Gasteiger partial charge is 0.258 e. The van der Waals surface area contributed by atoms with Crippen molar-refractivity contribution in [3.05, 3.63) is 58.9 Å². The maximum Gasteiger partial charge on any atom is 0.258 e. The highest BCUT2D eigenvalue weighted by atomic mass is 32.2. The molecule has 11 heteroatoms. The van der Waals surface area contributed by atoms with Crippen molar-refractivity contribution in [3.8, 4) is 0 Å². The molecule has 0 spiro atoms. The van der Waals surface area contributed by atoms with Crippen LogP contribution in [0.15, 0.2) is 35.2 Å². The summed E-state index contributed by atoms with van der Waals surface area (Å²) in [6.45, 7) is 3.14. The Kier molecular flexibility index (Phi) is 6.10. The van der Waals surface area contributed by atoms with Gasteiger partial charge in [-0.3, -0.25) is 9.59 Å². The Balaban J connectivity index is 2.42. The van der Waals surface area contributed by atoms with Crippen LogP contribution in [-0.4, -0.2) is 26.3 Å². The number of amides is 2. The monoisotopic (exact) mass is 415 g/mol. The molecule has 0 unspecified atom stereocenters. The third kappa shape index (κ3) is 4.67. The predicted octanol–water partition coefficient (Wildman–Crippen LogP) is 2.14. The van der Waals surface area contributed by atoms with Gasteiger partial charge in [-0.1, -0.05) is 0 Å². The number of nitrogens with two attached hydrogens (primary N) is 1. The van der Waals surface area contributed by atoms with Crippen molar-refractivity contribution >= 4 is 27.5 Å². The topological polar surface area (TPSA) is 118 Å². The molecule has 0 aliphatic heterocycles. The average Bonchev–Trinajstić information content (AvgIpc) is 2.55. The van der Waals surface area contributed by atoms with Crippen LogP contribution in [0.2, 0.25) is 0 Å². The zero-order valence-electron chi connectivity index (χ0n) is 14.7. The maximum absolute atomic E-state index is 14.0. The molecule has 28 heavy (non-hydrogen) atoms. The first-order chi connectivity index (χ1) is 12.9. The van der Waals surface area contributed by atoms with E-state index in [1.807, 2.05) is 5.32 Å². The normalized spacial score (nSPS) is 11.5. The van der Waals surface area contributed by atoms with Crippen molar-refractivity contribution in [3.63, 3.8) is 0 Å². The lowest BCUT2D eigenvalue weighted by molar-refractivity contribution is 0.0991. The fraction of sp³-hybridized carbons (Fsp3) is 0.176. The van der Waals surface area contributed by atoms with Crippen molar-refractivity contribution in [2.75, 3.05) is 5.32 Å². The van der Waals surface area contributed by atoms with Crippen LogP contribution in [-0.2, 0) is 10.0 Å². The van der Waals surface area contributed by atoms with E-state index in [-0.39, 0.29) is 4.90 Å². The molecule has 0 aromatic heterocycles. The summed E-state index contributed by atoms with van der Waals surface area (Å²) >= 11 is 0. The van der Waals surface area contributed by atoms with Gasteiger partial charge in [-0.15, -0.1) is 0 Å². The fourth-order valence-electron chi connectivity index (χ4n) is 2.25. The molecule has 0 heterocycles. The first-order valence-corrected chi connectivity index (χ1v) is 9.32. The van der Waals surface area contributed by atoms with E-state index in [0.29, 0.717) is 12.1 Å². The van der Waals surface area contributed by atoms with Crippen molar-refractivity contribution in [2.45, 2.75) is 24.8 Å². The van der Waals surface area contributed by atoms with Gasteiger partial charge in [-0.05, 0) is 38.1 Å². The number of carbonyl (C=O) groups is 2. The molecule has 150 valence electrons. The zero-order valence-corrected chi connectivity index (χ0v) is 15.5. The third-order valence-corrected chi connectivity index (χ3v) is 5.11. The second kappa shape index (κ2) is 7.98. The largest absolute Gasteiger partial charge is 0.366 e. The van der Waals surface area contributed by atoms with E-state index in [1.165, 1.54) is 0 Å². The summed E-state index contributed by atoms with van der Waals surface area (Å²) in [5, 5.41) is 1.97. The molecule has 2 aromatic rings. The number of rotatable bonds is 6. The standard InChI is InChI=1S/C17H16F3N3O4S/c1-8(2)23-28(26,27)9-3-4-12(18)11(5-9)17(25)22-15-6-10(16(21)24)13(19)7-14(15)20/h3-8,23H,1-2H3,(H2,21,24)(H,22,25). The van der Waals surface area contributed by atoms with Gasteiger partial charge in [0.2, 0.25) is 10.0 Å². The predicted molar refractivity (Wildman–Crippen MR) is 94.7 cm³/mol. The van der Waals surface area contributed by atoms with Crippen molar-refractivity contribution in [1.29, 1.82) is 0 Å². The number of primary amides is 1. The van der Waals surface area contributed by atoms with E-state index >= 15 is 0 Å². The highest BCUT2D eigenvalue weighted by Gasteiger charge is 2.22. The van der Waals surface area contributed by atoms with Gasteiger partial charge in [0.05, 0.1) is 21.7 Å². The highest BCUT2D eigenvalue weighted by Crippen LogP contribution is 2.22. The van der Waals surface area contributed by atoms with E-state index < -0.39 is 62.1 Å². The zero-order chi connectivity index (χ0) is 21.2. The van der Waals surface area contributed by atoms with Crippen LogP contribution in [0.1, 0.15) is 34.6 Å². The Morgan fingerprint density at radius 1 is 0.964 bits per heavy atom. The first-order valence-electron chi connectivity index (χ1n) is 7.84. The molecule has 2 amide bonds. The Morgan fingerprint density at radius 2 is 1.61 bits per heavy atom. The molecule has 0 atom stereocenters. The summed E-state index contributed by atoms with van der Waals surface area (Å²) in [7, 11) is -4.02. The van der Waals surface area contributed by atoms with Gasteiger partial charge in [-0.2, -0.15) is 0 Å². The lowest BCUT2D eigenvalue weighted by Gasteiger charge is -2.12. The van der Waals surface area contributed by atoms with Crippen molar-refractivity contribution in [1.82, 2.24) is 4.72 Å². The number of carbonyl (C=O) groups excluding carboxylic acids is 2. The van der Waals surface area contributed by atoms with Gasteiger partial charge in [0, 0.05) is 12.1 Å². The Hall–Kier alpha value is -2.92. The lowest BCUT2D eigenvalue weighted by Crippen LogP contribution is -2.30. The molecule has 0 radical (unpaired) electrons. The molecule has 0 aliphatic carbocycles. The van der Waals surface area contributed by atoms with Crippen molar-refractivity contribution < 1.29 is 31.2 Å². The van der Waals surface area contributed by atoms with Crippen LogP contribution < -0.4 is 15.8 Å². The summed E-state index contributed by atoms with van der Waals surface area (Å²) in [6, 6.07) is 3.03. The summed E-state index contributed by atoms with van der Waals surface area (Å²) < 4.78 is 68.1. The number of hydrogen-bond donors (Lipinski definition) is 3. The van der Waals surface area contributed by atoms with E-state index in [2.05, 4.69) is 4.72 Å². The Labute approximate surface area is 158 Å². The van der Waals surface area contributed by atoms with Crippen molar-refractivity contribution in [2.24, 2.45) is 5.73 Å². The summed E-state index contributed by atoms with van der Waals surface area (Å²) in [5.41, 5.74) is 2.94. The summed E-state index contributed by atoms with van der Waals surface area (Å²) in [4.78, 5) is 23.1. The van der Waals surface area contributed by atoms with Crippen LogP contribution in [0, 0.1) is 17.5 Å². The molecular weight excluding hydrogens is 399 g/mol. The van der Waals surface area contributed by atoms with E-state index in [0.717, 1.165) is 18.2 Å². The number of sulfonamides is 1. The third-order valence-electron chi connectivity index (χ3n) is 3.45. The average molecular weight is 415 g/mol. The summed E-state index contributed by atoms with van der Waals surface area (Å²) in [6.07, 6.45) is 0. The second-order valence-electron chi connectivity index (χ2n) is 6.05. The van der Waals surface area contributed by atoms with Crippen LogP contribution in [0.3, 0.4) is 0 Å². The molecule has 2 rings (SSSR count). The molecule has 2 aromatic carbocycles. The van der Waals surface area contributed by atoms with Gasteiger partial charge >= 0.3 is 0 Å². The maximum atomic E-state index is 14.0. The van der Waals surface area contributed by atoms with Gasteiger partial charge in [0.15, 0.2) is 0 Å². The minimum Gasteiger partial charge on any atom is -0.366 e. The van der Waals surface area contributed by atoms with Gasteiger partial charge in [-0.25, -0.2) is 26.3 Å². The van der Waals surface area contributed by atoms with E-state index in [9.17, 15) is 31.2 Å². The molecule has 0 saturated carbocycles. The Morgan fingerprint density at radius 3 is 2.18 bits per heavy atom. The minimum atomic E-state index is -4.02. The lowest BCUT2D eigenvalue weighted by atomic mass is 10.1. The molecule has 0 bridgehead atoms. The van der Waals surface area contributed by atoms with Gasteiger partial charge < -0.3 is 11.1 Å². The molecule has 7 nitrogen and oxygen atoms in total. The first kappa shape index (κ1) is 21.4. The molecule has 0 fully saturated rings. The van der Waals surface area contributed by atoms with Crippen LogP contribution in [0.4, 0.5) is 18.9 Å². The quantitative estimate of drug-likeness (QED) is 0.670. The van der Waals surface area contributed by atoms with E-state index in [1.54, 1.807) is 13.8 Å². The minimum absolute atomic E-state index is 0.333. The fourth-order valence-corrected chi connectivity index (χ4v) is 3.52. The number of anilines is 1. The number of benzene rings is 2. The van der Waals surface area contributed by atoms with E-state index in [4.69, 9.17) is 5.73 Å². The Bertz CT molecular complexity index is 1060. The number of halogens is 3. The molecular formula is C17H16F3N3O4S.